The van der Waals surface area contributed by atoms with E-state index in [0.29, 0.717) is 25.3 Å². The third kappa shape index (κ3) is 7.85. The minimum absolute atomic E-state index is 0.106. The van der Waals surface area contributed by atoms with Crippen molar-refractivity contribution in [3.63, 3.8) is 0 Å². The first-order chi connectivity index (χ1) is 20.9. The van der Waals surface area contributed by atoms with Crippen LogP contribution in [0.15, 0.2) is 84.9 Å². The van der Waals surface area contributed by atoms with Gasteiger partial charge in [0.1, 0.15) is 18.1 Å². The number of halogens is 1. The Labute approximate surface area is 250 Å². The Balaban J connectivity index is 1.22. The molecule has 5 rings (SSSR count). The van der Waals surface area contributed by atoms with Crippen LogP contribution in [0, 0.1) is 12.7 Å². The maximum absolute atomic E-state index is 13.5. The number of hydrogen-bond donors (Lipinski definition) is 1. The smallest absolute Gasteiger partial charge is 0.322 e. The van der Waals surface area contributed by atoms with Gasteiger partial charge < -0.3 is 24.8 Å². The molecule has 4 aromatic rings. The van der Waals surface area contributed by atoms with Crippen molar-refractivity contribution < 1.29 is 18.7 Å². The van der Waals surface area contributed by atoms with Crippen LogP contribution < -0.4 is 15.0 Å². The number of anilines is 2. The third-order valence-corrected chi connectivity index (χ3v) is 7.41. The SMILES string of the molecule is COc1ccc(-c2ccc(N3CCCN(C(=O)CN(Cc4ccc(F)cc4)C(=O)Nc4ccc(C)cc4)CC3)nn2)cc1. The van der Waals surface area contributed by atoms with Gasteiger partial charge in [-0.15, -0.1) is 10.2 Å². The Kier molecular flexibility index (Phi) is 9.46. The minimum Gasteiger partial charge on any atom is -0.497 e. The number of ether oxygens (including phenoxy) is 1. The standard InChI is InChI=1S/C33H35FN6O3/c1-24-4-12-28(13-5-24)35-33(42)40(22-25-6-10-27(34)11-7-25)23-32(41)39-19-3-18-38(20-21-39)31-17-16-30(36-37-31)26-8-14-29(43-2)15-9-26/h4-17H,3,18-23H2,1-2H3,(H,35,42). The number of rotatable bonds is 8. The summed E-state index contributed by atoms with van der Waals surface area (Å²) in [5, 5.41) is 11.8. The minimum atomic E-state index is -0.398. The van der Waals surface area contributed by atoms with Crippen LogP contribution in [-0.4, -0.2) is 71.8 Å². The lowest BCUT2D eigenvalue weighted by Crippen LogP contribution is -2.45. The van der Waals surface area contributed by atoms with E-state index in [1.165, 1.54) is 17.0 Å². The molecular weight excluding hydrogens is 547 g/mol. The summed E-state index contributed by atoms with van der Waals surface area (Å²) in [4.78, 5) is 32.2. The zero-order valence-corrected chi connectivity index (χ0v) is 24.4. The molecular formula is C33H35FN6O3. The summed E-state index contributed by atoms with van der Waals surface area (Å²) < 4.78 is 18.7. The number of methoxy groups -OCH3 is 1. The second-order valence-corrected chi connectivity index (χ2v) is 10.5. The Morgan fingerprint density at radius 2 is 1.63 bits per heavy atom. The summed E-state index contributed by atoms with van der Waals surface area (Å²) in [7, 11) is 1.63. The predicted octanol–water partition coefficient (Wildman–Crippen LogP) is 5.37. The van der Waals surface area contributed by atoms with E-state index in [9.17, 15) is 14.0 Å². The quantitative estimate of drug-likeness (QED) is 0.300. The Hall–Kier alpha value is -4.99. The zero-order chi connectivity index (χ0) is 30.2. The van der Waals surface area contributed by atoms with Crippen molar-refractivity contribution in [2.45, 2.75) is 19.9 Å². The second-order valence-electron chi connectivity index (χ2n) is 10.5. The van der Waals surface area contributed by atoms with Crippen LogP contribution >= 0.6 is 0 Å². The van der Waals surface area contributed by atoms with Gasteiger partial charge in [-0.3, -0.25) is 4.79 Å². The highest BCUT2D eigenvalue weighted by molar-refractivity contribution is 5.92. The first kappa shape index (κ1) is 29.5. The predicted molar refractivity (Wildman–Crippen MR) is 164 cm³/mol. The highest BCUT2D eigenvalue weighted by atomic mass is 19.1. The van der Waals surface area contributed by atoms with Crippen molar-refractivity contribution in [2.24, 2.45) is 0 Å². The van der Waals surface area contributed by atoms with E-state index in [1.807, 2.05) is 67.6 Å². The maximum atomic E-state index is 13.5. The molecule has 1 aliphatic heterocycles. The first-order valence-corrected chi connectivity index (χ1v) is 14.3. The molecule has 1 saturated heterocycles. The lowest BCUT2D eigenvalue weighted by molar-refractivity contribution is -0.131. The van der Waals surface area contributed by atoms with Crippen molar-refractivity contribution in [2.75, 3.05) is 50.1 Å². The fourth-order valence-corrected chi connectivity index (χ4v) is 4.92. The Bertz CT molecular complexity index is 1510. The number of aromatic nitrogens is 2. The number of amides is 3. The van der Waals surface area contributed by atoms with Crippen LogP contribution in [0.1, 0.15) is 17.5 Å². The Morgan fingerprint density at radius 3 is 2.30 bits per heavy atom. The van der Waals surface area contributed by atoms with Crippen LogP contribution in [0.4, 0.5) is 20.7 Å². The van der Waals surface area contributed by atoms with Gasteiger partial charge in [0.2, 0.25) is 5.91 Å². The second kappa shape index (κ2) is 13.8. The summed E-state index contributed by atoms with van der Waals surface area (Å²) in [6.45, 7) is 4.41. The molecule has 9 nitrogen and oxygen atoms in total. The molecule has 3 amide bonds. The molecule has 43 heavy (non-hydrogen) atoms. The molecule has 1 fully saturated rings. The molecule has 0 saturated carbocycles. The van der Waals surface area contributed by atoms with E-state index in [0.717, 1.165) is 46.9 Å². The maximum Gasteiger partial charge on any atom is 0.322 e. The fraction of sp³-hybridized carbons (Fsp3) is 0.273. The summed E-state index contributed by atoms with van der Waals surface area (Å²) in [5.41, 5.74) is 4.15. The van der Waals surface area contributed by atoms with Crippen LogP contribution in [-0.2, 0) is 11.3 Å². The van der Waals surface area contributed by atoms with Crippen molar-refractivity contribution >= 4 is 23.4 Å². The van der Waals surface area contributed by atoms with Gasteiger partial charge >= 0.3 is 6.03 Å². The molecule has 1 aliphatic rings. The molecule has 0 bridgehead atoms. The van der Waals surface area contributed by atoms with Crippen LogP contribution in [0.25, 0.3) is 11.3 Å². The number of nitrogens with one attached hydrogen (secondary N) is 1. The molecule has 3 aromatic carbocycles. The average molecular weight is 583 g/mol. The highest BCUT2D eigenvalue weighted by Crippen LogP contribution is 2.22. The molecule has 0 radical (unpaired) electrons. The van der Waals surface area contributed by atoms with Crippen molar-refractivity contribution in [3.05, 3.63) is 102 Å². The van der Waals surface area contributed by atoms with E-state index in [4.69, 9.17) is 4.74 Å². The summed E-state index contributed by atoms with van der Waals surface area (Å²) in [5.74, 6) is 1.03. The first-order valence-electron chi connectivity index (χ1n) is 14.3. The molecule has 0 spiro atoms. The lowest BCUT2D eigenvalue weighted by Gasteiger charge is -2.27. The van der Waals surface area contributed by atoms with Gasteiger partial charge in [-0.05, 0) is 79.6 Å². The summed E-state index contributed by atoms with van der Waals surface area (Å²) in [6, 6.07) is 24.6. The lowest BCUT2D eigenvalue weighted by atomic mass is 10.1. The van der Waals surface area contributed by atoms with Gasteiger partial charge in [0.15, 0.2) is 5.82 Å². The molecule has 10 heteroatoms. The van der Waals surface area contributed by atoms with Gasteiger partial charge in [-0.2, -0.15) is 0 Å². The number of benzene rings is 3. The molecule has 0 aliphatic carbocycles. The number of carbonyl (C=O) groups is 2. The van der Waals surface area contributed by atoms with Gasteiger partial charge in [-0.1, -0.05) is 29.8 Å². The van der Waals surface area contributed by atoms with Gasteiger partial charge in [-0.25, -0.2) is 9.18 Å². The number of aryl methyl sites for hydroxylation is 1. The fourth-order valence-electron chi connectivity index (χ4n) is 4.92. The monoisotopic (exact) mass is 582 g/mol. The van der Waals surface area contributed by atoms with Crippen LogP contribution in [0.5, 0.6) is 5.75 Å². The largest absolute Gasteiger partial charge is 0.497 e. The van der Waals surface area contributed by atoms with Gasteiger partial charge in [0, 0.05) is 44.0 Å². The van der Waals surface area contributed by atoms with E-state index in [-0.39, 0.29) is 24.8 Å². The molecule has 1 N–H and O–H groups in total. The average Bonchev–Trinajstić information content (AvgIpc) is 3.30. The van der Waals surface area contributed by atoms with Gasteiger partial charge in [0.25, 0.3) is 0 Å². The van der Waals surface area contributed by atoms with Crippen LogP contribution in [0.2, 0.25) is 0 Å². The highest BCUT2D eigenvalue weighted by Gasteiger charge is 2.24. The molecule has 0 atom stereocenters. The van der Waals surface area contributed by atoms with Gasteiger partial charge in [0.05, 0.1) is 12.8 Å². The topological polar surface area (TPSA) is 90.9 Å². The molecule has 1 aromatic heterocycles. The normalized spacial score (nSPS) is 13.3. The number of carbonyl (C=O) groups excluding carboxylic acids is 2. The van der Waals surface area contributed by atoms with Crippen molar-refractivity contribution in [1.82, 2.24) is 20.0 Å². The van der Waals surface area contributed by atoms with E-state index < -0.39 is 6.03 Å². The van der Waals surface area contributed by atoms with E-state index >= 15 is 0 Å². The molecule has 0 unspecified atom stereocenters. The number of nitrogens with zero attached hydrogens (tertiary/aromatic N) is 5. The van der Waals surface area contributed by atoms with Crippen molar-refractivity contribution in [3.8, 4) is 17.0 Å². The van der Waals surface area contributed by atoms with E-state index in [2.05, 4.69) is 20.4 Å². The molecule has 2 heterocycles. The summed E-state index contributed by atoms with van der Waals surface area (Å²) in [6.07, 6.45) is 0.751. The van der Waals surface area contributed by atoms with E-state index in [1.54, 1.807) is 24.1 Å². The number of hydrogen-bond acceptors (Lipinski definition) is 6. The molecule has 222 valence electrons. The zero-order valence-electron chi connectivity index (χ0n) is 24.4. The number of urea groups is 1. The third-order valence-electron chi connectivity index (χ3n) is 7.41. The summed E-state index contributed by atoms with van der Waals surface area (Å²) >= 11 is 0. The Morgan fingerprint density at radius 1 is 0.884 bits per heavy atom. The van der Waals surface area contributed by atoms with Crippen molar-refractivity contribution in [1.29, 1.82) is 0 Å². The van der Waals surface area contributed by atoms with Crippen LogP contribution in [0.3, 0.4) is 0 Å².